The van der Waals surface area contributed by atoms with Crippen molar-refractivity contribution < 1.29 is 83.9 Å². The lowest BCUT2D eigenvalue weighted by atomic mass is 9.87. The van der Waals surface area contributed by atoms with Crippen molar-refractivity contribution in [1.82, 2.24) is 16.0 Å². The second-order valence-corrected chi connectivity index (χ2v) is 34.2. The molecule has 0 amide bonds. The van der Waals surface area contributed by atoms with E-state index in [4.69, 9.17) is 66.3 Å². The lowest BCUT2D eigenvalue weighted by Crippen LogP contribution is -2.54. The van der Waals surface area contributed by atoms with Crippen LogP contribution in [0.1, 0.15) is 89.7 Å². The Labute approximate surface area is 742 Å². The standard InChI is InChI=1S/C34H41N3O6.2C33H39F2N3O4/c1-38-15-2-13-36-14-16-39-31-9-3-24(17-30(31)36)22-40-34-19-35-12-11-29(34)25-4-7-27(8-5-25)43-28-20-37(21-28)26-6-10-32-33(18-26)42-23-41-32;1-39-15-2-13-37-14-16-40-32-10-3-23(17-31(32)37)22-41-33-19-36-12-11-28(33)24-4-7-26(8-5-24)42-27-20-38(21-27)25-6-9-29(34)30(35)18-25;1-39-15-2-13-37-14-16-40-32-10-3-23(17-31(32)37)22-41-33-19-36-12-11-28(33)24-4-7-26(8-5-24)42-27-20-38(21-27)30-18-25(34)6-9-29(30)35/h3-10,17-18,28-29,34-35H,2,11-16,19-23H2,1H3;2*3-10,17-18,27-28,33,36H,2,11-16,19-22H2,1H3/t29-,34+;2*28-,33+/m111/s1. The zero-order valence-electron chi connectivity index (χ0n) is 73.0. The summed E-state index contributed by atoms with van der Waals surface area (Å²) in [5, 5.41) is 10.5. The molecule has 6 saturated heterocycles. The van der Waals surface area contributed by atoms with Gasteiger partial charge in [-0.05, 0) is 201 Å². The third-order valence-corrected chi connectivity index (χ3v) is 25.6. The van der Waals surface area contributed by atoms with Gasteiger partial charge in [0.25, 0.3) is 0 Å². The molecule has 10 heterocycles. The van der Waals surface area contributed by atoms with E-state index in [1.54, 1.807) is 32.3 Å². The van der Waals surface area contributed by atoms with E-state index >= 15 is 0 Å². The quantitative estimate of drug-likeness (QED) is 0.0260. The third kappa shape index (κ3) is 22.6. The number of methoxy groups -OCH3 is 3. The van der Waals surface area contributed by atoms with Gasteiger partial charge in [0.1, 0.15) is 84.3 Å². The first-order valence-electron chi connectivity index (χ1n) is 45.2. The number of nitrogens with one attached hydrogen (secondary N) is 3. The van der Waals surface area contributed by atoms with Crippen LogP contribution in [-0.4, -0.2) is 222 Å². The second kappa shape index (κ2) is 43.1. The highest BCUT2D eigenvalue weighted by Gasteiger charge is 2.37. The summed E-state index contributed by atoms with van der Waals surface area (Å²) in [6, 6.07) is 58.0. The van der Waals surface area contributed by atoms with Crippen molar-refractivity contribution >= 4 is 34.1 Å². The fourth-order valence-electron chi connectivity index (χ4n) is 18.5. The number of hydrogen-bond donors (Lipinski definition) is 3. The van der Waals surface area contributed by atoms with E-state index in [0.717, 1.165) is 255 Å². The number of halogens is 4. The maximum absolute atomic E-state index is 14.1. The van der Waals surface area contributed by atoms with Gasteiger partial charge in [-0.3, -0.25) is 0 Å². The Morgan fingerprint density at radius 2 is 0.717 bits per heavy atom. The maximum atomic E-state index is 14.1. The predicted molar refractivity (Wildman–Crippen MR) is 483 cm³/mol. The van der Waals surface area contributed by atoms with Crippen molar-refractivity contribution in [3.63, 3.8) is 0 Å². The minimum Gasteiger partial charge on any atom is -0.490 e. The molecular weight excluding hydrogens is 1630 g/mol. The number of hydrogen-bond acceptors (Lipinski definition) is 23. The molecule has 9 aromatic carbocycles. The lowest BCUT2D eigenvalue weighted by Gasteiger charge is -2.40. The van der Waals surface area contributed by atoms with E-state index in [0.29, 0.717) is 83.5 Å². The molecule has 0 saturated carbocycles. The van der Waals surface area contributed by atoms with E-state index in [9.17, 15) is 17.6 Å². The SMILES string of the molecule is COCCCN1CCOc2ccc(CO[C@H]3CNCC[C@@H]3c3ccc(OC4CN(c5cc(F)ccc5F)C4)cc3)cc21.COCCCN1CCOc2ccc(CO[C@H]3CNCC[C@@H]3c3ccc(OC4CN(c5ccc(F)c(F)c5)C4)cc3)cc21.COCCCN1CCOc2ccc(CO[C@H]3CNCC[C@@H]3c3ccc(OC4CN(c5ccc6c(c5)OCO6)C4)cc3)cc21. The first-order chi connectivity index (χ1) is 62.4. The average Bonchev–Trinajstić information content (AvgIpc) is 1.78. The molecule has 0 aromatic heterocycles. The number of nitrogens with zero attached hydrogens (tertiary/aromatic N) is 6. The van der Waals surface area contributed by atoms with E-state index in [2.05, 4.69) is 145 Å². The van der Waals surface area contributed by atoms with Gasteiger partial charge in [0.15, 0.2) is 23.1 Å². The molecule has 10 aliphatic rings. The highest BCUT2D eigenvalue weighted by molar-refractivity contribution is 5.64. The summed E-state index contributed by atoms with van der Waals surface area (Å²) >= 11 is 0. The molecule has 0 radical (unpaired) electrons. The monoisotopic (exact) mass is 1750 g/mol. The van der Waals surface area contributed by atoms with Crippen molar-refractivity contribution in [2.75, 3.05) is 215 Å². The van der Waals surface area contributed by atoms with Gasteiger partial charge in [0.2, 0.25) is 6.79 Å². The maximum Gasteiger partial charge on any atom is 0.231 e. The third-order valence-electron chi connectivity index (χ3n) is 25.6. The Balaban J connectivity index is 0.000000134. The molecule has 9 aromatic rings. The predicted octanol–water partition coefficient (Wildman–Crippen LogP) is 14.8. The van der Waals surface area contributed by atoms with Gasteiger partial charge in [0, 0.05) is 128 Å². The zero-order chi connectivity index (χ0) is 86.8. The van der Waals surface area contributed by atoms with E-state index in [1.807, 2.05) is 41.3 Å². The summed E-state index contributed by atoms with van der Waals surface area (Å²) in [4.78, 5) is 13.2. The smallest absolute Gasteiger partial charge is 0.231 e. The van der Waals surface area contributed by atoms with E-state index in [1.165, 1.54) is 34.4 Å². The average molecular weight is 1750 g/mol. The van der Waals surface area contributed by atoms with Gasteiger partial charge in [0.05, 0.1) is 120 Å². The molecule has 27 heteroatoms. The van der Waals surface area contributed by atoms with Crippen molar-refractivity contribution in [2.24, 2.45) is 0 Å². The fourth-order valence-corrected chi connectivity index (χ4v) is 18.5. The Kier molecular flexibility index (Phi) is 30.1. The minimum atomic E-state index is -0.831. The van der Waals surface area contributed by atoms with Crippen molar-refractivity contribution in [1.29, 1.82) is 0 Å². The summed E-state index contributed by atoms with van der Waals surface area (Å²) in [7, 11) is 5.23. The Morgan fingerprint density at radius 3 is 1.12 bits per heavy atom. The van der Waals surface area contributed by atoms with Crippen LogP contribution in [0.15, 0.2) is 182 Å². The fraction of sp³-hybridized carbons (Fsp3) is 0.460. The molecule has 0 bridgehead atoms. The molecule has 10 aliphatic heterocycles. The van der Waals surface area contributed by atoms with Gasteiger partial charge < -0.3 is 112 Å². The topological polar surface area (TPSA) is 185 Å². The van der Waals surface area contributed by atoms with Crippen LogP contribution < -0.4 is 83.2 Å². The second-order valence-electron chi connectivity index (χ2n) is 34.2. The van der Waals surface area contributed by atoms with Gasteiger partial charge in [-0.1, -0.05) is 54.6 Å². The van der Waals surface area contributed by atoms with E-state index < -0.39 is 23.3 Å². The van der Waals surface area contributed by atoms with Crippen molar-refractivity contribution in [3.8, 4) is 46.0 Å². The van der Waals surface area contributed by atoms with Gasteiger partial charge in [-0.15, -0.1) is 0 Å². The number of benzene rings is 9. The molecule has 676 valence electrons. The van der Waals surface area contributed by atoms with Crippen molar-refractivity contribution in [2.45, 2.75) is 113 Å². The Hall–Kier alpha value is -10.5. The number of ether oxygens (including phenoxy) is 14. The van der Waals surface area contributed by atoms with Crippen LogP contribution in [0.25, 0.3) is 0 Å². The van der Waals surface area contributed by atoms with Crippen LogP contribution in [0, 0.1) is 23.3 Å². The van der Waals surface area contributed by atoms with Crippen LogP contribution in [-0.2, 0) is 48.2 Å². The summed E-state index contributed by atoms with van der Waals surface area (Å²) in [6.07, 6.45) is 6.33. The Bertz CT molecular complexity index is 5030. The first-order valence-corrected chi connectivity index (χ1v) is 45.2. The highest BCUT2D eigenvalue weighted by Crippen LogP contribution is 2.42. The number of fused-ring (bicyclic) bond motifs is 4. The molecule has 23 nitrogen and oxygen atoms in total. The molecule has 19 rings (SSSR count). The molecule has 6 atom stereocenters. The van der Waals surface area contributed by atoms with Crippen LogP contribution in [0.3, 0.4) is 0 Å². The molecule has 127 heavy (non-hydrogen) atoms. The van der Waals surface area contributed by atoms with E-state index in [-0.39, 0.29) is 48.2 Å². The van der Waals surface area contributed by atoms with Gasteiger partial charge >= 0.3 is 0 Å². The van der Waals surface area contributed by atoms with Gasteiger partial charge in [-0.25, -0.2) is 17.6 Å². The van der Waals surface area contributed by atoms with Crippen LogP contribution in [0.2, 0.25) is 0 Å². The molecule has 6 fully saturated rings. The number of piperidine rings is 3. The zero-order valence-corrected chi connectivity index (χ0v) is 73.0. The number of rotatable bonds is 33. The first kappa shape index (κ1) is 88.6. The largest absolute Gasteiger partial charge is 0.490 e. The van der Waals surface area contributed by atoms with Crippen LogP contribution >= 0.6 is 0 Å². The summed E-state index contributed by atoms with van der Waals surface area (Å²) in [5.41, 5.74) is 12.7. The molecule has 0 unspecified atom stereocenters. The Morgan fingerprint density at radius 1 is 0.346 bits per heavy atom. The highest BCUT2D eigenvalue weighted by atomic mass is 19.2. The molecular formula is C100H119F4N9O14. The molecule has 0 aliphatic carbocycles. The van der Waals surface area contributed by atoms with Crippen molar-refractivity contribution in [3.05, 3.63) is 239 Å². The summed E-state index contributed by atoms with van der Waals surface area (Å²) < 4.78 is 137. The lowest BCUT2D eigenvalue weighted by molar-refractivity contribution is 0.0105. The van der Waals surface area contributed by atoms with Crippen LogP contribution in [0.5, 0.6) is 46.0 Å². The normalized spacial score (nSPS) is 20.8. The molecule has 3 N–H and O–H groups in total. The number of anilines is 6. The minimum absolute atomic E-state index is 0.0110. The molecule has 0 spiro atoms. The summed E-state index contributed by atoms with van der Waals surface area (Å²) in [6.45, 7) is 21.2. The van der Waals surface area contributed by atoms with Gasteiger partial charge in [-0.2, -0.15) is 0 Å². The van der Waals surface area contributed by atoms with Crippen LogP contribution in [0.4, 0.5) is 51.7 Å². The summed E-state index contributed by atoms with van der Waals surface area (Å²) in [5.74, 6) is 5.34.